The van der Waals surface area contributed by atoms with Crippen molar-refractivity contribution in [1.29, 1.82) is 0 Å². The van der Waals surface area contributed by atoms with Gasteiger partial charge < -0.3 is 0 Å². The van der Waals surface area contributed by atoms with Crippen LogP contribution in [0.5, 0.6) is 0 Å². The van der Waals surface area contributed by atoms with Crippen molar-refractivity contribution in [3.05, 3.63) is 34.3 Å². The Morgan fingerprint density at radius 1 is 1.38 bits per heavy atom. The lowest BCUT2D eigenvalue weighted by Crippen LogP contribution is -2.14. The van der Waals surface area contributed by atoms with Crippen LogP contribution in [0.25, 0.3) is 0 Å². The van der Waals surface area contributed by atoms with Crippen LogP contribution < -0.4 is 0 Å². The van der Waals surface area contributed by atoms with Gasteiger partial charge >= 0.3 is 0 Å². The highest BCUT2D eigenvalue weighted by Crippen LogP contribution is 2.24. The zero-order valence-electron chi connectivity index (χ0n) is 7.06. The van der Waals surface area contributed by atoms with Gasteiger partial charge in [0.2, 0.25) is 0 Å². The van der Waals surface area contributed by atoms with Crippen LogP contribution in [0.3, 0.4) is 0 Å². The van der Waals surface area contributed by atoms with Crippen LogP contribution in [0, 0.1) is 0 Å². The van der Waals surface area contributed by atoms with Gasteiger partial charge in [-0.05, 0) is 18.1 Å². The van der Waals surface area contributed by atoms with Gasteiger partial charge in [0, 0.05) is 17.1 Å². The molecule has 0 unspecified atom stereocenters. The molecule has 0 saturated heterocycles. The Kier molecular flexibility index (Phi) is 2.56. The minimum absolute atomic E-state index is 0.466. The Morgan fingerprint density at radius 2 is 2.23 bits per heavy atom. The highest BCUT2D eigenvalue weighted by Gasteiger charge is 2.14. The molecule has 0 spiro atoms. The van der Waals surface area contributed by atoms with Crippen molar-refractivity contribution in [2.45, 2.75) is 6.42 Å². The maximum Gasteiger partial charge on any atom is 0.0649 e. The molecule has 13 heavy (non-hydrogen) atoms. The Labute approximate surface area is 87.4 Å². The topological polar surface area (TPSA) is 12.4 Å². The molecule has 0 aliphatic carbocycles. The van der Waals surface area contributed by atoms with Gasteiger partial charge in [-0.15, -0.1) is 11.6 Å². The summed E-state index contributed by atoms with van der Waals surface area (Å²) >= 11 is 11.9. The average molecular weight is 214 g/mol. The summed E-state index contributed by atoms with van der Waals surface area (Å²) < 4.78 is 0. The summed E-state index contributed by atoms with van der Waals surface area (Å²) in [6.45, 7) is 0.804. The van der Waals surface area contributed by atoms with E-state index in [4.69, 9.17) is 23.2 Å². The summed E-state index contributed by atoms with van der Waals surface area (Å²) in [6, 6.07) is 5.88. The van der Waals surface area contributed by atoms with Gasteiger partial charge in [0.15, 0.2) is 0 Å². The molecule has 0 aromatic heterocycles. The Morgan fingerprint density at radius 3 is 3.00 bits per heavy atom. The average Bonchev–Trinajstić information content (AvgIpc) is 2.18. The Bertz CT molecular complexity index is 358. The SMILES string of the molecule is ClCC1=NCCc2c(Cl)cccc21. The first kappa shape index (κ1) is 9.04. The molecule has 68 valence electrons. The summed E-state index contributed by atoms with van der Waals surface area (Å²) in [7, 11) is 0. The number of fused-ring (bicyclic) bond motifs is 1. The molecule has 1 aromatic carbocycles. The molecule has 1 aromatic rings. The predicted molar refractivity (Wildman–Crippen MR) is 57.3 cm³/mol. The van der Waals surface area contributed by atoms with Gasteiger partial charge in [-0.3, -0.25) is 4.99 Å². The maximum atomic E-state index is 6.07. The minimum atomic E-state index is 0.466. The van der Waals surface area contributed by atoms with Gasteiger partial charge in [0.25, 0.3) is 0 Å². The van der Waals surface area contributed by atoms with E-state index in [-0.39, 0.29) is 0 Å². The second-order valence-electron chi connectivity index (χ2n) is 2.98. The molecule has 0 atom stereocenters. The van der Waals surface area contributed by atoms with E-state index in [1.54, 1.807) is 0 Å². The lowest BCUT2D eigenvalue weighted by Gasteiger charge is -2.16. The van der Waals surface area contributed by atoms with Crippen molar-refractivity contribution in [1.82, 2.24) is 0 Å². The maximum absolute atomic E-state index is 6.07. The van der Waals surface area contributed by atoms with E-state index >= 15 is 0 Å². The second-order valence-corrected chi connectivity index (χ2v) is 3.65. The number of hydrogen-bond donors (Lipinski definition) is 0. The third-order valence-corrected chi connectivity index (χ3v) is 2.83. The summed E-state index contributed by atoms with van der Waals surface area (Å²) in [5.74, 6) is 0.466. The fourth-order valence-corrected chi connectivity index (χ4v) is 2.08. The highest BCUT2D eigenvalue weighted by atomic mass is 35.5. The van der Waals surface area contributed by atoms with Crippen LogP contribution in [0.4, 0.5) is 0 Å². The Balaban J connectivity index is 2.55. The number of aliphatic imine (C=N–C) groups is 1. The molecular formula is C10H9Cl2N. The largest absolute Gasteiger partial charge is 0.288 e. The first-order chi connectivity index (χ1) is 6.33. The molecule has 0 fully saturated rings. The van der Waals surface area contributed by atoms with Crippen LogP contribution in [-0.4, -0.2) is 18.1 Å². The van der Waals surface area contributed by atoms with Crippen molar-refractivity contribution >= 4 is 28.9 Å². The molecule has 0 saturated carbocycles. The lowest BCUT2D eigenvalue weighted by molar-refractivity contribution is 0.942. The van der Waals surface area contributed by atoms with E-state index in [2.05, 4.69) is 4.99 Å². The summed E-state index contributed by atoms with van der Waals surface area (Å²) in [6.07, 6.45) is 0.926. The molecule has 1 aliphatic rings. The van der Waals surface area contributed by atoms with E-state index in [0.717, 1.165) is 29.3 Å². The van der Waals surface area contributed by atoms with Gasteiger partial charge in [-0.1, -0.05) is 23.7 Å². The van der Waals surface area contributed by atoms with Crippen molar-refractivity contribution < 1.29 is 0 Å². The second kappa shape index (κ2) is 3.69. The van der Waals surface area contributed by atoms with E-state index in [1.165, 1.54) is 5.56 Å². The van der Waals surface area contributed by atoms with Crippen molar-refractivity contribution in [2.24, 2.45) is 4.99 Å². The van der Waals surface area contributed by atoms with Gasteiger partial charge in [0.1, 0.15) is 0 Å². The molecular weight excluding hydrogens is 205 g/mol. The number of alkyl halides is 1. The number of hydrogen-bond acceptors (Lipinski definition) is 1. The number of nitrogens with zero attached hydrogens (tertiary/aromatic N) is 1. The molecule has 1 heterocycles. The monoisotopic (exact) mass is 213 g/mol. The molecule has 0 N–H and O–H groups in total. The van der Waals surface area contributed by atoms with Crippen molar-refractivity contribution in [3.8, 4) is 0 Å². The molecule has 1 aliphatic heterocycles. The smallest absolute Gasteiger partial charge is 0.0649 e. The summed E-state index contributed by atoms with van der Waals surface area (Å²) in [4.78, 5) is 4.36. The number of halogens is 2. The number of benzene rings is 1. The van der Waals surface area contributed by atoms with Gasteiger partial charge in [0.05, 0.1) is 11.6 Å². The normalized spacial score (nSPS) is 15.1. The van der Waals surface area contributed by atoms with E-state index in [0.29, 0.717) is 5.88 Å². The third kappa shape index (κ3) is 1.59. The molecule has 2 rings (SSSR count). The zero-order valence-corrected chi connectivity index (χ0v) is 8.57. The first-order valence-electron chi connectivity index (χ1n) is 4.20. The van der Waals surface area contributed by atoms with Crippen LogP contribution in [-0.2, 0) is 6.42 Å². The van der Waals surface area contributed by atoms with Gasteiger partial charge in [-0.25, -0.2) is 0 Å². The molecule has 3 heteroatoms. The minimum Gasteiger partial charge on any atom is -0.288 e. The quantitative estimate of drug-likeness (QED) is 0.637. The zero-order chi connectivity index (χ0) is 9.26. The fraction of sp³-hybridized carbons (Fsp3) is 0.300. The van der Waals surface area contributed by atoms with Crippen LogP contribution in [0.1, 0.15) is 11.1 Å². The van der Waals surface area contributed by atoms with Gasteiger partial charge in [-0.2, -0.15) is 0 Å². The van der Waals surface area contributed by atoms with Crippen LogP contribution in [0.15, 0.2) is 23.2 Å². The van der Waals surface area contributed by atoms with E-state index in [1.807, 2.05) is 18.2 Å². The van der Waals surface area contributed by atoms with E-state index in [9.17, 15) is 0 Å². The molecule has 1 nitrogen and oxygen atoms in total. The van der Waals surface area contributed by atoms with Crippen LogP contribution in [0.2, 0.25) is 5.02 Å². The first-order valence-corrected chi connectivity index (χ1v) is 5.11. The summed E-state index contributed by atoms with van der Waals surface area (Å²) in [5.41, 5.74) is 3.27. The van der Waals surface area contributed by atoms with Crippen molar-refractivity contribution in [2.75, 3.05) is 12.4 Å². The van der Waals surface area contributed by atoms with E-state index < -0.39 is 0 Å². The standard InChI is InChI=1S/C10H9Cl2N/c11-6-10-8-2-1-3-9(12)7(8)4-5-13-10/h1-3H,4-6H2. The fourth-order valence-electron chi connectivity index (χ4n) is 1.59. The molecule has 0 radical (unpaired) electrons. The predicted octanol–water partition coefficient (Wildman–Crippen LogP) is 2.92. The molecule has 0 bridgehead atoms. The lowest BCUT2D eigenvalue weighted by atomic mass is 9.98. The third-order valence-electron chi connectivity index (χ3n) is 2.22. The number of rotatable bonds is 1. The Hall–Kier alpha value is -0.530. The highest BCUT2D eigenvalue weighted by molar-refractivity contribution is 6.34. The molecule has 0 amide bonds. The van der Waals surface area contributed by atoms with Crippen LogP contribution >= 0.6 is 23.2 Å². The van der Waals surface area contributed by atoms with Crippen molar-refractivity contribution in [3.63, 3.8) is 0 Å². The summed E-state index contributed by atoms with van der Waals surface area (Å²) in [5, 5.41) is 0.829.